The van der Waals surface area contributed by atoms with Gasteiger partial charge in [0.15, 0.2) is 0 Å². The zero-order chi connectivity index (χ0) is 15.1. The highest BCUT2D eigenvalue weighted by atomic mass is 16.5. The number of benzene rings is 1. The molecule has 2 rings (SSSR count). The van der Waals surface area contributed by atoms with Crippen molar-refractivity contribution in [1.29, 1.82) is 0 Å². The minimum atomic E-state index is 0.125. The van der Waals surface area contributed by atoms with Crippen LogP contribution >= 0.6 is 0 Å². The highest BCUT2D eigenvalue weighted by Crippen LogP contribution is 2.19. The van der Waals surface area contributed by atoms with Crippen molar-refractivity contribution < 1.29 is 9.53 Å². The molecule has 1 aromatic heterocycles. The Morgan fingerprint density at radius 1 is 1.14 bits per heavy atom. The van der Waals surface area contributed by atoms with Crippen LogP contribution in [-0.4, -0.2) is 18.0 Å². The first-order valence-corrected chi connectivity index (χ1v) is 7.08. The lowest BCUT2D eigenvalue weighted by Gasteiger charge is -2.23. The molecule has 0 unspecified atom stereocenters. The summed E-state index contributed by atoms with van der Waals surface area (Å²) in [5.74, 6) is 0.939. The molecule has 2 aromatic rings. The van der Waals surface area contributed by atoms with Crippen LogP contribution in [0.2, 0.25) is 0 Å². The summed E-state index contributed by atoms with van der Waals surface area (Å²) in [6.45, 7) is 2.56. The van der Waals surface area contributed by atoms with Gasteiger partial charge in [0.25, 0.3) is 0 Å². The van der Waals surface area contributed by atoms with Gasteiger partial charge in [-0.1, -0.05) is 19.1 Å². The molecule has 0 radical (unpaired) electrons. The van der Waals surface area contributed by atoms with Crippen molar-refractivity contribution in [3.8, 4) is 5.75 Å². The first kappa shape index (κ1) is 15.0. The Morgan fingerprint density at radius 2 is 1.81 bits per heavy atom. The highest BCUT2D eigenvalue weighted by molar-refractivity contribution is 5.93. The third-order valence-electron chi connectivity index (χ3n) is 3.24. The third kappa shape index (κ3) is 4.05. The van der Waals surface area contributed by atoms with E-state index in [4.69, 9.17) is 4.74 Å². The van der Waals surface area contributed by atoms with E-state index >= 15 is 0 Å². The highest BCUT2D eigenvalue weighted by Gasteiger charge is 2.15. The number of ether oxygens (including phenoxy) is 1. The predicted octanol–water partition coefficient (Wildman–Crippen LogP) is 3.42. The number of rotatable bonds is 6. The van der Waals surface area contributed by atoms with E-state index < -0.39 is 0 Å². The average Bonchev–Trinajstić information content (AvgIpc) is 2.54. The van der Waals surface area contributed by atoms with Gasteiger partial charge in [-0.05, 0) is 36.2 Å². The van der Waals surface area contributed by atoms with Gasteiger partial charge in [0.2, 0.25) is 5.91 Å². The van der Waals surface area contributed by atoms with Crippen molar-refractivity contribution >= 4 is 11.6 Å². The molecule has 0 N–H and O–H groups in total. The van der Waals surface area contributed by atoms with E-state index in [-0.39, 0.29) is 5.91 Å². The van der Waals surface area contributed by atoms with Gasteiger partial charge in [-0.25, -0.2) is 0 Å². The molecule has 0 saturated heterocycles. The number of aromatic nitrogens is 1. The Kier molecular flexibility index (Phi) is 5.32. The van der Waals surface area contributed by atoms with Crippen molar-refractivity contribution in [2.45, 2.75) is 26.3 Å². The molecule has 110 valence electrons. The summed E-state index contributed by atoms with van der Waals surface area (Å²) in [6, 6.07) is 11.5. The molecule has 1 aromatic carbocycles. The molecule has 0 saturated carbocycles. The average molecular weight is 284 g/mol. The van der Waals surface area contributed by atoms with Crippen LogP contribution in [0, 0.1) is 0 Å². The van der Waals surface area contributed by atoms with E-state index in [0.29, 0.717) is 13.0 Å². The summed E-state index contributed by atoms with van der Waals surface area (Å²) in [6.07, 6.45) is 4.78. The first-order valence-electron chi connectivity index (χ1n) is 7.08. The third-order valence-corrected chi connectivity index (χ3v) is 3.24. The normalized spacial score (nSPS) is 10.2. The zero-order valence-corrected chi connectivity index (χ0v) is 12.5. The summed E-state index contributed by atoms with van der Waals surface area (Å²) in [7, 11) is 1.64. The molecule has 1 amide bonds. The van der Waals surface area contributed by atoms with Crippen LogP contribution < -0.4 is 9.64 Å². The van der Waals surface area contributed by atoms with Gasteiger partial charge in [-0.3, -0.25) is 9.78 Å². The van der Waals surface area contributed by atoms with Gasteiger partial charge in [0.05, 0.1) is 13.7 Å². The fourth-order valence-corrected chi connectivity index (χ4v) is 2.11. The SMILES string of the molecule is CCCC(=O)N(Cc1ccc(OC)cc1)c1ccncc1. The molecule has 1 heterocycles. The number of hydrogen-bond acceptors (Lipinski definition) is 3. The van der Waals surface area contributed by atoms with Crippen LogP contribution in [0.3, 0.4) is 0 Å². The maximum absolute atomic E-state index is 12.4. The lowest BCUT2D eigenvalue weighted by molar-refractivity contribution is -0.118. The molecular weight excluding hydrogens is 264 g/mol. The van der Waals surface area contributed by atoms with Gasteiger partial charge in [-0.15, -0.1) is 0 Å². The van der Waals surface area contributed by atoms with Crippen molar-refractivity contribution in [3.63, 3.8) is 0 Å². The Balaban J connectivity index is 2.21. The van der Waals surface area contributed by atoms with Crippen LogP contribution in [0.4, 0.5) is 5.69 Å². The van der Waals surface area contributed by atoms with Crippen LogP contribution in [0.1, 0.15) is 25.3 Å². The number of carbonyl (C=O) groups is 1. The second-order valence-electron chi connectivity index (χ2n) is 4.78. The van der Waals surface area contributed by atoms with Gasteiger partial charge in [0.1, 0.15) is 5.75 Å². The summed E-state index contributed by atoms with van der Waals surface area (Å²) < 4.78 is 5.16. The number of pyridine rings is 1. The predicted molar refractivity (Wildman–Crippen MR) is 83.3 cm³/mol. The van der Waals surface area contributed by atoms with Crippen molar-refractivity contribution in [1.82, 2.24) is 4.98 Å². The number of amides is 1. The fourth-order valence-electron chi connectivity index (χ4n) is 2.11. The van der Waals surface area contributed by atoms with Crippen LogP contribution in [0.5, 0.6) is 5.75 Å². The first-order chi connectivity index (χ1) is 10.2. The maximum atomic E-state index is 12.4. The summed E-state index contributed by atoms with van der Waals surface area (Å²) in [5.41, 5.74) is 1.94. The van der Waals surface area contributed by atoms with Crippen molar-refractivity contribution in [2.75, 3.05) is 12.0 Å². The quantitative estimate of drug-likeness (QED) is 0.816. The number of carbonyl (C=O) groups excluding carboxylic acids is 1. The van der Waals surface area contributed by atoms with Crippen LogP contribution in [-0.2, 0) is 11.3 Å². The van der Waals surface area contributed by atoms with Crippen molar-refractivity contribution in [3.05, 3.63) is 54.4 Å². The number of nitrogens with zero attached hydrogens (tertiary/aromatic N) is 2. The lowest BCUT2D eigenvalue weighted by Crippen LogP contribution is -2.30. The van der Waals surface area contributed by atoms with E-state index in [2.05, 4.69) is 4.98 Å². The minimum absolute atomic E-state index is 0.125. The second-order valence-corrected chi connectivity index (χ2v) is 4.78. The van der Waals surface area contributed by atoms with Crippen molar-refractivity contribution in [2.24, 2.45) is 0 Å². The molecule has 21 heavy (non-hydrogen) atoms. The van der Waals surface area contributed by atoms with Gasteiger partial charge in [0, 0.05) is 24.5 Å². The molecule has 0 spiro atoms. The molecule has 0 bridgehead atoms. The summed E-state index contributed by atoms with van der Waals surface area (Å²) in [5, 5.41) is 0. The second kappa shape index (κ2) is 7.43. The van der Waals surface area contributed by atoms with E-state index in [9.17, 15) is 4.79 Å². The smallest absolute Gasteiger partial charge is 0.227 e. The van der Waals surface area contributed by atoms with E-state index in [1.165, 1.54) is 0 Å². The molecule has 4 nitrogen and oxygen atoms in total. The Labute approximate surface area is 125 Å². The molecule has 0 fully saturated rings. The lowest BCUT2D eigenvalue weighted by atomic mass is 10.1. The molecular formula is C17H20N2O2. The number of anilines is 1. The topological polar surface area (TPSA) is 42.4 Å². The molecule has 0 aliphatic rings. The Bertz CT molecular complexity index is 567. The van der Waals surface area contributed by atoms with E-state index in [0.717, 1.165) is 23.4 Å². The van der Waals surface area contributed by atoms with Crippen LogP contribution in [0.15, 0.2) is 48.8 Å². The standard InChI is InChI=1S/C17H20N2O2/c1-3-4-17(20)19(15-9-11-18-12-10-15)13-14-5-7-16(21-2)8-6-14/h5-12H,3-4,13H2,1-2H3. The largest absolute Gasteiger partial charge is 0.497 e. The Morgan fingerprint density at radius 3 is 2.38 bits per heavy atom. The van der Waals surface area contributed by atoms with Gasteiger partial charge < -0.3 is 9.64 Å². The molecule has 0 atom stereocenters. The van der Waals surface area contributed by atoms with E-state index in [1.807, 2.05) is 43.3 Å². The zero-order valence-electron chi connectivity index (χ0n) is 12.5. The molecule has 0 aliphatic heterocycles. The number of methoxy groups -OCH3 is 1. The molecule has 0 aliphatic carbocycles. The fraction of sp³-hybridized carbons (Fsp3) is 0.294. The maximum Gasteiger partial charge on any atom is 0.227 e. The van der Waals surface area contributed by atoms with E-state index in [1.54, 1.807) is 24.4 Å². The summed E-state index contributed by atoms with van der Waals surface area (Å²) in [4.78, 5) is 18.2. The van der Waals surface area contributed by atoms with Gasteiger partial charge >= 0.3 is 0 Å². The van der Waals surface area contributed by atoms with Gasteiger partial charge in [-0.2, -0.15) is 0 Å². The Hall–Kier alpha value is -2.36. The number of hydrogen-bond donors (Lipinski definition) is 0. The monoisotopic (exact) mass is 284 g/mol. The summed E-state index contributed by atoms with van der Waals surface area (Å²) >= 11 is 0. The molecule has 4 heteroatoms. The van der Waals surface area contributed by atoms with Crippen LogP contribution in [0.25, 0.3) is 0 Å². The minimum Gasteiger partial charge on any atom is -0.497 e.